The molecule has 17 unspecified atom stereocenters. The van der Waals surface area contributed by atoms with Gasteiger partial charge in [0.15, 0.2) is 18.9 Å². The summed E-state index contributed by atoms with van der Waals surface area (Å²) in [6.45, 7) is 1.73. The van der Waals surface area contributed by atoms with Crippen LogP contribution in [0.5, 0.6) is 0 Å². The molecule has 0 bridgehead atoms. The molecule has 0 spiro atoms. The molecule has 1 amide bonds. The predicted octanol–water partition coefficient (Wildman–Crippen LogP) is 8.83. The number of unbranched alkanes of at least 4 members (excludes halogenated alkanes) is 33. The lowest BCUT2D eigenvalue weighted by molar-refractivity contribution is -0.379. The van der Waals surface area contributed by atoms with E-state index in [1.165, 1.54) is 180 Å². The van der Waals surface area contributed by atoms with Crippen molar-refractivity contribution in [1.82, 2.24) is 5.32 Å². The summed E-state index contributed by atoms with van der Waals surface area (Å²) in [6.07, 6.45) is 31.3. The molecular weight excluding hydrogens is 1120 g/mol. The van der Waals surface area contributed by atoms with Crippen LogP contribution >= 0.6 is 0 Å². The number of amides is 1. The molecule has 19 nitrogen and oxygen atoms in total. The Hall–Kier alpha value is -1.99. The average Bonchev–Trinajstić information content (AvgIpc) is 1.14. The van der Waals surface area contributed by atoms with Crippen molar-refractivity contribution in [1.29, 1.82) is 0 Å². The van der Waals surface area contributed by atoms with Crippen LogP contribution < -0.4 is 5.32 Å². The third kappa shape index (κ3) is 32.9. The zero-order valence-electron chi connectivity index (χ0n) is 53.8. The van der Waals surface area contributed by atoms with Crippen LogP contribution in [-0.4, -0.2) is 193 Å². The minimum Gasteiger partial charge on any atom is -0.394 e. The van der Waals surface area contributed by atoms with E-state index in [4.69, 9.17) is 28.4 Å². The summed E-state index contributed by atoms with van der Waals surface area (Å²) >= 11 is 0. The number of hydrogen-bond donors (Lipinski definition) is 12. The van der Waals surface area contributed by atoms with Crippen molar-refractivity contribution >= 4 is 5.91 Å². The first kappa shape index (κ1) is 79.2. The number of hydrogen-bond acceptors (Lipinski definition) is 18. The van der Waals surface area contributed by atoms with Crippen LogP contribution in [-0.2, 0) is 33.2 Å². The highest BCUT2D eigenvalue weighted by molar-refractivity contribution is 5.76. The first-order chi connectivity index (χ1) is 42.3. The van der Waals surface area contributed by atoms with Gasteiger partial charge in [-0.1, -0.05) is 243 Å². The molecule has 87 heavy (non-hydrogen) atoms. The van der Waals surface area contributed by atoms with Gasteiger partial charge in [0.2, 0.25) is 5.91 Å². The number of carbonyl (C=O) groups is 1. The molecule has 3 aliphatic heterocycles. The zero-order valence-corrected chi connectivity index (χ0v) is 53.8. The quantitative estimate of drug-likeness (QED) is 0.0200. The second-order valence-electron chi connectivity index (χ2n) is 25.0. The van der Waals surface area contributed by atoms with Crippen molar-refractivity contribution in [2.75, 3.05) is 26.4 Å². The number of aliphatic hydroxyl groups excluding tert-OH is 11. The van der Waals surface area contributed by atoms with Gasteiger partial charge >= 0.3 is 0 Å². The lowest BCUT2D eigenvalue weighted by Gasteiger charge is -2.48. The maximum Gasteiger partial charge on any atom is 0.220 e. The molecule has 510 valence electrons. The van der Waals surface area contributed by atoms with E-state index in [-0.39, 0.29) is 18.9 Å². The van der Waals surface area contributed by atoms with Gasteiger partial charge in [-0.2, -0.15) is 0 Å². The van der Waals surface area contributed by atoms with Crippen molar-refractivity contribution in [3.63, 3.8) is 0 Å². The van der Waals surface area contributed by atoms with Crippen LogP contribution in [0.3, 0.4) is 0 Å². The maximum absolute atomic E-state index is 13.4. The van der Waals surface area contributed by atoms with Gasteiger partial charge in [-0.05, 0) is 44.9 Å². The van der Waals surface area contributed by atoms with E-state index in [1.54, 1.807) is 6.08 Å². The molecule has 3 fully saturated rings. The minimum atomic E-state index is -1.98. The maximum atomic E-state index is 13.4. The Bertz CT molecular complexity index is 1720. The van der Waals surface area contributed by atoms with E-state index in [9.17, 15) is 61.0 Å². The molecule has 19 heteroatoms. The Labute approximate surface area is 523 Å². The highest BCUT2D eigenvalue weighted by Crippen LogP contribution is 2.33. The van der Waals surface area contributed by atoms with Crippen LogP contribution in [0, 0.1) is 0 Å². The van der Waals surface area contributed by atoms with Crippen LogP contribution in [0.15, 0.2) is 36.5 Å². The Morgan fingerprint density at radius 2 is 0.736 bits per heavy atom. The minimum absolute atomic E-state index is 0.235. The smallest absolute Gasteiger partial charge is 0.220 e. The molecule has 0 aromatic heterocycles. The second kappa shape index (κ2) is 50.6. The average molecular weight is 1240 g/mol. The fourth-order valence-corrected chi connectivity index (χ4v) is 11.8. The summed E-state index contributed by atoms with van der Waals surface area (Å²) in [4.78, 5) is 13.4. The molecule has 3 heterocycles. The Kier molecular flexibility index (Phi) is 46.0. The van der Waals surface area contributed by atoms with E-state index < -0.39 is 124 Å². The molecule has 3 rings (SSSR count). The number of nitrogens with one attached hydrogen (secondary N) is 1. The van der Waals surface area contributed by atoms with Crippen molar-refractivity contribution in [2.45, 2.75) is 362 Å². The number of allylic oxidation sites excluding steroid dienone is 5. The molecular formula is C68H125NO18. The zero-order chi connectivity index (χ0) is 63.3. The first-order valence-corrected chi connectivity index (χ1v) is 34.7. The Morgan fingerprint density at radius 3 is 1.15 bits per heavy atom. The summed E-state index contributed by atoms with van der Waals surface area (Å²) in [5, 5.41) is 120. The van der Waals surface area contributed by atoms with Crippen molar-refractivity contribution < 1.29 is 89.4 Å². The van der Waals surface area contributed by atoms with Gasteiger partial charge in [-0.3, -0.25) is 4.79 Å². The molecule has 0 saturated carbocycles. The SMILES string of the molecule is CCCCCCCCCCCCCCCCCC/C=C/CC/C=C/CC/C=C/C(O)C(COC1OC(CO)C(OC2OC(CO)C(OC3OC(CO)C(O)C(O)C3O)C(O)C2O)C(O)C1O)NC(=O)CCCCCCCCCCCCCCCCCC. The summed E-state index contributed by atoms with van der Waals surface area (Å²) in [7, 11) is 0. The number of aliphatic hydroxyl groups is 11. The summed E-state index contributed by atoms with van der Waals surface area (Å²) in [5.41, 5.74) is 0. The van der Waals surface area contributed by atoms with Crippen LogP contribution in [0.25, 0.3) is 0 Å². The molecule has 0 aromatic rings. The molecule has 3 saturated heterocycles. The highest BCUT2D eigenvalue weighted by Gasteiger charge is 2.53. The molecule has 3 aliphatic rings. The third-order valence-corrected chi connectivity index (χ3v) is 17.4. The molecule has 0 radical (unpaired) electrons. The van der Waals surface area contributed by atoms with Gasteiger partial charge < -0.3 is 89.9 Å². The van der Waals surface area contributed by atoms with E-state index in [0.29, 0.717) is 12.8 Å². The van der Waals surface area contributed by atoms with Crippen molar-refractivity contribution in [3.8, 4) is 0 Å². The normalized spacial score (nSPS) is 28.8. The molecule has 12 N–H and O–H groups in total. The summed E-state index contributed by atoms with van der Waals surface area (Å²) in [6, 6.07) is -0.994. The van der Waals surface area contributed by atoms with Crippen molar-refractivity contribution in [3.05, 3.63) is 36.5 Å². The van der Waals surface area contributed by atoms with E-state index in [2.05, 4.69) is 43.5 Å². The Balaban J connectivity index is 1.45. The highest BCUT2D eigenvalue weighted by atomic mass is 16.8. The molecule has 0 aromatic carbocycles. The van der Waals surface area contributed by atoms with Crippen molar-refractivity contribution in [2.24, 2.45) is 0 Å². The predicted molar refractivity (Wildman–Crippen MR) is 337 cm³/mol. The lowest BCUT2D eigenvalue weighted by atomic mass is 9.96. The number of ether oxygens (including phenoxy) is 6. The van der Waals surface area contributed by atoms with E-state index >= 15 is 0 Å². The van der Waals surface area contributed by atoms with Gasteiger partial charge in [0.25, 0.3) is 0 Å². The number of carbonyl (C=O) groups excluding carboxylic acids is 1. The summed E-state index contributed by atoms with van der Waals surface area (Å²) < 4.78 is 34.3. The van der Waals surface area contributed by atoms with Crippen LogP contribution in [0.2, 0.25) is 0 Å². The van der Waals surface area contributed by atoms with E-state index in [1.807, 2.05) is 6.08 Å². The van der Waals surface area contributed by atoms with Gasteiger partial charge in [0.1, 0.15) is 73.2 Å². The first-order valence-electron chi connectivity index (χ1n) is 34.7. The van der Waals surface area contributed by atoms with Gasteiger partial charge in [-0.15, -0.1) is 0 Å². The van der Waals surface area contributed by atoms with E-state index in [0.717, 1.165) is 44.9 Å². The van der Waals surface area contributed by atoms with Gasteiger partial charge in [-0.25, -0.2) is 0 Å². The van der Waals surface area contributed by atoms with Crippen LogP contribution in [0.4, 0.5) is 0 Å². The number of rotatable bonds is 53. The van der Waals surface area contributed by atoms with Gasteiger partial charge in [0, 0.05) is 6.42 Å². The van der Waals surface area contributed by atoms with Gasteiger partial charge in [0.05, 0.1) is 38.6 Å². The third-order valence-electron chi connectivity index (χ3n) is 17.4. The molecule has 17 atom stereocenters. The molecule has 0 aliphatic carbocycles. The Morgan fingerprint density at radius 1 is 0.402 bits per heavy atom. The second-order valence-corrected chi connectivity index (χ2v) is 25.0. The summed E-state index contributed by atoms with van der Waals surface area (Å²) in [5.74, 6) is -0.287. The monoisotopic (exact) mass is 1240 g/mol. The fraction of sp³-hybridized carbons (Fsp3) is 0.897. The van der Waals surface area contributed by atoms with Crippen LogP contribution in [0.1, 0.15) is 258 Å². The topological polar surface area (TPSA) is 307 Å². The standard InChI is InChI=1S/C68H125NO18/c1-3-5-7-9-11-13-15-17-19-21-22-23-24-25-26-27-28-29-30-31-33-35-37-39-41-43-45-52(73)51(69-56(74)46-44-42-40-38-36-34-32-20-18-16-14-12-10-8-6-4-2)50-82-66-62(80)59(77)64(54(48-71)84-66)87-68-63(81)60(78)65(55(49-72)85-68)86-67-61(79)58(76)57(75)53(47-70)83-67/h29-30,35,37,43,45,51-55,57-68,70-73,75-81H,3-28,31-34,36,38-42,44,46-50H2,1-2H3,(H,69,74)/b30-29+,37-35+,45-43+. The fourth-order valence-electron chi connectivity index (χ4n) is 11.8. The largest absolute Gasteiger partial charge is 0.394 e. The lowest BCUT2D eigenvalue weighted by Crippen LogP contribution is -2.66.